The number of ether oxygens (including phenoxy) is 1. The molecule has 0 bridgehead atoms. The fourth-order valence-corrected chi connectivity index (χ4v) is 2.84. The maximum atomic E-state index is 12.9. The highest BCUT2D eigenvalue weighted by Gasteiger charge is 2.29. The van der Waals surface area contributed by atoms with Crippen LogP contribution in [0.15, 0.2) is 24.3 Å². The van der Waals surface area contributed by atoms with Gasteiger partial charge >= 0.3 is 5.97 Å². The number of halogens is 1. The monoisotopic (exact) mass is 279 g/mol. The third kappa shape index (κ3) is 4.04. The van der Waals surface area contributed by atoms with E-state index in [-0.39, 0.29) is 23.7 Å². The van der Waals surface area contributed by atoms with Crippen molar-refractivity contribution in [3.8, 4) is 0 Å². The van der Waals surface area contributed by atoms with Crippen LogP contribution in [0.25, 0.3) is 0 Å². The smallest absolute Gasteiger partial charge is 0.310 e. The van der Waals surface area contributed by atoms with Gasteiger partial charge in [-0.1, -0.05) is 31.4 Å². The SMILES string of the molecule is COC(=O)[C@@H]1CCCCC[C@@H]1NCc1ccc(F)cc1. The predicted octanol–water partition coefficient (Wildman–Crippen LogP) is 3.04. The minimum atomic E-state index is -0.226. The van der Waals surface area contributed by atoms with Gasteiger partial charge in [-0.25, -0.2) is 4.39 Å². The molecule has 2 rings (SSSR count). The summed E-state index contributed by atoms with van der Waals surface area (Å²) in [6.45, 7) is 0.651. The van der Waals surface area contributed by atoms with Crippen LogP contribution in [0.1, 0.15) is 37.7 Å². The third-order valence-corrected chi connectivity index (χ3v) is 4.00. The molecular weight excluding hydrogens is 257 g/mol. The standard InChI is InChI=1S/C16H22FNO2/c1-20-16(19)14-5-3-2-4-6-15(14)18-11-12-7-9-13(17)10-8-12/h7-10,14-15,18H,2-6,11H2,1H3/t14-,15+/m1/s1. The van der Waals surface area contributed by atoms with Crippen LogP contribution in [0.5, 0.6) is 0 Å². The van der Waals surface area contributed by atoms with Crippen LogP contribution in [0, 0.1) is 11.7 Å². The summed E-state index contributed by atoms with van der Waals surface area (Å²) in [6.07, 6.45) is 5.25. The summed E-state index contributed by atoms with van der Waals surface area (Å²) in [4.78, 5) is 11.9. The highest BCUT2D eigenvalue weighted by Crippen LogP contribution is 2.25. The lowest BCUT2D eigenvalue weighted by Gasteiger charge is -2.24. The second kappa shape index (κ2) is 7.39. The van der Waals surface area contributed by atoms with Gasteiger partial charge in [0.1, 0.15) is 5.82 Å². The number of nitrogens with one attached hydrogen (secondary N) is 1. The molecule has 1 N–H and O–H groups in total. The van der Waals surface area contributed by atoms with E-state index in [4.69, 9.17) is 4.74 Å². The minimum Gasteiger partial charge on any atom is -0.469 e. The number of esters is 1. The molecule has 0 amide bonds. The largest absolute Gasteiger partial charge is 0.469 e. The molecule has 0 aliphatic heterocycles. The Balaban J connectivity index is 1.96. The Morgan fingerprint density at radius 2 is 1.95 bits per heavy atom. The zero-order valence-electron chi connectivity index (χ0n) is 11.9. The quantitative estimate of drug-likeness (QED) is 0.680. The van der Waals surface area contributed by atoms with Crippen molar-refractivity contribution >= 4 is 5.97 Å². The normalized spacial score (nSPS) is 23.1. The maximum absolute atomic E-state index is 12.9. The van der Waals surface area contributed by atoms with Crippen LogP contribution in [0.3, 0.4) is 0 Å². The molecule has 0 spiro atoms. The first kappa shape index (κ1) is 15.0. The van der Waals surface area contributed by atoms with E-state index in [1.165, 1.54) is 25.7 Å². The first-order valence-corrected chi connectivity index (χ1v) is 7.26. The fraction of sp³-hybridized carbons (Fsp3) is 0.562. The van der Waals surface area contributed by atoms with Crippen LogP contribution < -0.4 is 5.32 Å². The molecule has 1 saturated carbocycles. The van der Waals surface area contributed by atoms with Crippen LogP contribution in [0.2, 0.25) is 0 Å². The van der Waals surface area contributed by atoms with E-state index in [0.717, 1.165) is 31.2 Å². The highest BCUT2D eigenvalue weighted by molar-refractivity contribution is 5.73. The van der Waals surface area contributed by atoms with Crippen molar-refractivity contribution < 1.29 is 13.9 Å². The van der Waals surface area contributed by atoms with Gasteiger partial charge in [0.05, 0.1) is 13.0 Å². The zero-order valence-corrected chi connectivity index (χ0v) is 11.9. The van der Waals surface area contributed by atoms with Crippen molar-refractivity contribution in [1.82, 2.24) is 5.32 Å². The van der Waals surface area contributed by atoms with Gasteiger partial charge in [-0.15, -0.1) is 0 Å². The van der Waals surface area contributed by atoms with Crippen LogP contribution in [-0.2, 0) is 16.1 Å². The Kier molecular flexibility index (Phi) is 5.53. The Labute approximate surface area is 119 Å². The highest BCUT2D eigenvalue weighted by atomic mass is 19.1. The van der Waals surface area contributed by atoms with E-state index in [2.05, 4.69) is 5.32 Å². The molecule has 0 aromatic heterocycles. The molecule has 1 aliphatic rings. The molecule has 1 aromatic rings. The minimum absolute atomic E-state index is 0.0667. The molecule has 2 atom stereocenters. The van der Waals surface area contributed by atoms with Crippen molar-refractivity contribution in [3.05, 3.63) is 35.6 Å². The maximum Gasteiger partial charge on any atom is 0.310 e. The molecule has 0 radical (unpaired) electrons. The Morgan fingerprint density at radius 3 is 2.65 bits per heavy atom. The van der Waals surface area contributed by atoms with Gasteiger partial charge in [-0.2, -0.15) is 0 Å². The summed E-state index contributed by atoms with van der Waals surface area (Å²) < 4.78 is 17.8. The molecular formula is C16H22FNO2. The van der Waals surface area contributed by atoms with Crippen molar-refractivity contribution in [3.63, 3.8) is 0 Å². The summed E-state index contributed by atoms with van der Waals surface area (Å²) in [6, 6.07) is 6.61. The molecule has 1 aromatic carbocycles. The average molecular weight is 279 g/mol. The van der Waals surface area contributed by atoms with Gasteiger partial charge in [0.25, 0.3) is 0 Å². The summed E-state index contributed by atoms with van der Waals surface area (Å²) in [5.74, 6) is -0.415. The summed E-state index contributed by atoms with van der Waals surface area (Å²) in [7, 11) is 1.45. The van der Waals surface area contributed by atoms with Crippen LogP contribution >= 0.6 is 0 Å². The number of benzene rings is 1. The second-order valence-electron chi connectivity index (χ2n) is 5.38. The first-order valence-electron chi connectivity index (χ1n) is 7.26. The van der Waals surface area contributed by atoms with Crippen molar-refractivity contribution in [2.24, 2.45) is 5.92 Å². The van der Waals surface area contributed by atoms with Crippen LogP contribution in [-0.4, -0.2) is 19.1 Å². The van der Waals surface area contributed by atoms with Gasteiger partial charge in [0.2, 0.25) is 0 Å². The lowest BCUT2D eigenvalue weighted by Crippen LogP contribution is -2.39. The predicted molar refractivity (Wildman–Crippen MR) is 75.6 cm³/mol. The zero-order chi connectivity index (χ0) is 14.4. The summed E-state index contributed by atoms with van der Waals surface area (Å²) in [5.41, 5.74) is 1.03. The number of carbonyl (C=O) groups excluding carboxylic acids is 1. The van der Waals surface area contributed by atoms with E-state index in [1.54, 1.807) is 12.1 Å². The molecule has 0 heterocycles. The molecule has 0 saturated heterocycles. The van der Waals surface area contributed by atoms with Crippen LogP contribution in [0.4, 0.5) is 4.39 Å². The molecule has 110 valence electrons. The van der Waals surface area contributed by atoms with Gasteiger partial charge in [-0.3, -0.25) is 4.79 Å². The number of hydrogen-bond acceptors (Lipinski definition) is 3. The molecule has 1 aliphatic carbocycles. The third-order valence-electron chi connectivity index (χ3n) is 4.00. The second-order valence-corrected chi connectivity index (χ2v) is 5.38. The van der Waals surface area contributed by atoms with Crippen molar-refractivity contribution in [2.75, 3.05) is 7.11 Å². The topological polar surface area (TPSA) is 38.3 Å². The number of rotatable bonds is 4. The number of hydrogen-bond donors (Lipinski definition) is 1. The van der Waals surface area contributed by atoms with Crippen molar-refractivity contribution in [2.45, 2.75) is 44.7 Å². The molecule has 20 heavy (non-hydrogen) atoms. The number of carbonyl (C=O) groups is 1. The van der Waals surface area contributed by atoms with Gasteiger partial charge in [0.15, 0.2) is 0 Å². The fourth-order valence-electron chi connectivity index (χ4n) is 2.84. The molecule has 0 unspecified atom stereocenters. The Morgan fingerprint density at radius 1 is 1.25 bits per heavy atom. The molecule has 4 heteroatoms. The lowest BCUT2D eigenvalue weighted by molar-refractivity contribution is -0.146. The van der Waals surface area contributed by atoms with Gasteiger partial charge < -0.3 is 10.1 Å². The van der Waals surface area contributed by atoms with E-state index in [9.17, 15) is 9.18 Å². The summed E-state index contributed by atoms with van der Waals surface area (Å²) >= 11 is 0. The lowest BCUT2D eigenvalue weighted by atomic mass is 9.94. The average Bonchev–Trinajstić information content (AvgIpc) is 2.71. The van der Waals surface area contributed by atoms with Gasteiger partial charge in [0, 0.05) is 12.6 Å². The Hall–Kier alpha value is -1.42. The van der Waals surface area contributed by atoms with Crippen molar-refractivity contribution in [1.29, 1.82) is 0 Å². The van der Waals surface area contributed by atoms with E-state index in [0.29, 0.717) is 6.54 Å². The van der Waals surface area contributed by atoms with E-state index < -0.39 is 0 Å². The van der Waals surface area contributed by atoms with Gasteiger partial charge in [-0.05, 0) is 30.5 Å². The number of methoxy groups -OCH3 is 1. The van der Waals surface area contributed by atoms with E-state index in [1.807, 2.05) is 0 Å². The molecule has 1 fully saturated rings. The van der Waals surface area contributed by atoms with E-state index >= 15 is 0 Å². The summed E-state index contributed by atoms with van der Waals surface area (Å²) in [5, 5.41) is 3.44. The Bertz CT molecular complexity index is 433. The molecule has 3 nitrogen and oxygen atoms in total. The first-order chi connectivity index (χ1) is 9.70.